The van der Waals surface area contributed by atoms with E-state index in [2.05, 4.69) is 37.4 Å². The molecule has 1 N–H and O–H groups in total. The lowest BCUT2D eigenvalue weighted by molar-refractivity contribution is 0.0942. The Balaban J connectivity index is 1.98. The van der Waals surface area contributed by atoms with Crippen LogP contribution in [0.4, 0.5) is 0 Å². The Kier molecular flexibility index (Phi) is 5.37. The molecule has 1 atom stereocenters. The van der Waals surface area contributed by atoms with Crippen molar-refractivity contribution in [3.63, 3.8) is 0 Å². The number of benzene rings is 3. The molecule has 0 heterocycles. The first-order valence-electron chi connectivity index (χ1n) is 8.65. The van der Waals surface area contributed by atoms with Crippen LogP contribution in [0.1, 0.15) is 38.7 Å². The molecule has 0 radical (unpaired) electrons. The Morgan fingerprint density at radius 1 is 0.923 bits per heavy atom. The van der Waals surface area contributed by atoms with Gasteiger partial charge in [0.05, 0.1) is 13.2 Å². The van der Waals surface area contributed by atoms with Crippen molar-refractivity contribution in [1.29, 1.82) is 0 Å². The fourth-order valence-electron chi connectivity index (χ4n) is 3.04. The summed E-state index contributed by atoms with van der Waals surface area (Å²) < 4.78 is 5.23. The largest absolute Gasteiger partial charge is 0.497 e. The summed E-state index contributed by atoms with van der Waals surface area (Å²) in [5, 5.41) is 3.19. The summed E-state index contributed by atoms with van der Waals surface area (Å²) in [6, 6.07) is 23.3. The van der Waals surface area contributed by atoms with E-state index in [4.69, 9.17) is 4.74 Å². The number of hydrogen-bond acceptors (Lipinski definition) is 2. The van der Waals surface area contributed by atoms with Gasteiger partial charge in [-0.25, -0.2) is 0 Å². The van der Waals surface area contributed by atoms with Gasteiger partial charge in [0.25, 0.3) is 5.91 Å². The van der Waals surface area contributed by atoms with Gasteiger partial charge >= 0.3 is 0 Å². The quantitative estimate of drug-likeness (QED) is 0.719. The second-order valence-electron chi connectivity index (χ2n) is 6.41. The molecule has 26 heavy (non-hydrogen) atoms. The number of carbonyl (C=O) groups excluding carboxylic acids is 1. The molecule has 0 aliphatic heterocycles. The lowest BCUT2D eigenvalue weighted by Gasteiger charge is -2.22. The van der Waals surface area contributed by atoms with Crippen molar-refractivity contribution in [3.05, 3.63) is 101 Å². The average Bonchev–Trinajstić information content (AvgIpc) is 2.68. The van der Waals surface area contributed by atoms with Crippen LogP contribution in [0.3, 0.4) is 0 Å². The highest BCUT2D eigenvalue weighted by atomic mass is 16.5. The third kappa shape index (κ3) is 3.94. The molecule has 0 aliphatic carbocycles. The van der Waals surface area contributed by atoms with E-state index < -0.39 is 0 Å². The van der Waals surface area contributed by atoms with Gasteiger partial charge in [-0.3, -0.25) is 4.79 Å². The highest BCUT2D eigenvalue weighted by Gasteiger charge is 2.20. The van der Waals surface area contributed by atoms with Crippen LogP contribution in [0, 0.1) is 13.8 Å². The Labute approximate surface area is 154 Å². The summed E-state index contributed by atoms with van der Waals surface area (Å²) >= 11 is 0. The highest BCUT2D eigenvalue weighted by Crippen LogP contribution is 2.26. The molecule has 1 amide bonds. The summed E-state index contributed by atoms with van der Waals surface area (Å²) in [5.41, 5.74) is 5.05. The highest BCUT2D eigenvalue weighted by molar-refractivity contribution is 5.95. The zero-order valence-electron chi connectivity index (χ0n) is 15.3. The summed E-state index contributed by atoms with van der Waals surface area (Å²) in [7, 11) is 1.60. The molecule has 0 saturated heterocycles. The smallest absolute Gasteiger partial charge is 0.252 e. The number of ether oxygens (including phenoxy) is 1. The minimum atomic E-state index is -0.213. The standard InChI is InChI=1S/C23H23NO2/c1-16-12-13-17(2)21(14-16)22(18-8-5-4-6-9-18)24-23(25)19-10-7-11-20(15-19)26-3/h4-15,22H,1-3H3,(H,24,25). The minimum Gasteiger partial charge on any atom is -0.497 e. The van der Waals surface area contributed by atoms with Crippen molar-refractivity contribution >= 4 is 5.91 Å². The molecule has 3 nitrogen and oxygen atoms in total. The van der Waals surface area contributed by atoms with Crippen molar-refractivity contribution < 1.29 is 9.53 Å². The molecule has 3 aromatic rings. The average molecular weight is 345 g/mol. The molecule has 0 aliphatic rings. The van der Waals surface area contributed by atoms with Crippen LogP contribution in [0.15, 0.2) is 72.8 Å². The number of rotatable bonds is 5. The fourth-order valence-corrected chi connectivity index (χ4v) is 3.04. The van der Waals surface area contributed by atoms with Crippen LogP contribution in [-0.2, 0) is 0 Å². The molecule has 132 valence electrons. The predicted molar refractivity (Wildman–Crippen MR) is 105 cm³/mol. The topological polar surface area (TPSA) is 38.3 Å². The van der Waals surface area contributed by atoms with E-state index in [1.807, 2.05) is 42.5 Å². The van der Waals surface area contributed by atoms with E-state index in [9.17, 15) is 4.79 Å². The zero-order chi connectivity index (χ0) is 18.5. The lowest BCUT2D eigenvalue weighted by atomic mass is 9.93. The Hall–Kier alpha value is -3.07. The van der Waals surface area contributed by atoms with Gasteiger partial charge in [0.2, 0.25) is 0 Å². The van der Waals surface area contributed by atoms with Gasteiger partial charge in [-0.15, -0.1) is 0 Å². The molecule has 0 saturated carbocycles. The third-order valence-electron chi connectivity index (χ3n) is 4.49. The molecular weight excluding hydrogens is 322 g/mol. The minimum absolute atomic E-state index is 0.126. The predicted octanol–water partition coefficient (Wildman–Crippen LogP) is 4.83. The van der Waals surface area contributed by atoms with Gasteiger partial charge in [0.15, 0.2) is 0 Å². The molecule has 3 heteroatoms. The molecule has 0 aromatic heterocycles. The molecule has 3 aromatic carbocycles. The first kappa shape index (κ1) is 17.7. The van der Waals surface area contributed by atoms with E-state index in [-0.39, 0.29) is 11.9 Å². The number of nitrogens with one attached hydrogen (secondary N) is 1. The summed E-state index contributed by atoms with van der Waals surface area (Å²) in [6.45, 7) is 4.14. The van der Waals surface area contributed by atoms with Gasteiger partial charge in [-0.05, 0) is 48.7 Å². The zero-order valence-corrected chi connectivity index (χ0v) is 15.3. The van der Waals surface area contributed by atoms with E-state index in [1.165, 1.54) is 5.56 Å². The van der Waals surface area contributed by atoms with Crippen LogP contribution >= 0.6 is 0 Å². The monoisotopic (exact) mass is 345 g/mol. The normalized spacial score (nSPS) is 11.7. The van der Waals surface area contributed by atoms with E-state index in [0.717, 1.165) is 16.7 Å². The third-order valence-corrected chi connectivity index (χ3v) is 4.49. The van der Waals surface area contributed by atoms with Crippen LogP contribution in [0.5, 0.6) is 5.75 Å². The number of methoxy groups -OCH3 is 1. The van der Waals surface area contributed by atoms with Gasteiger partial charge < -0.3 is 10.1 Å². The maximum Gasteiger partial charge on any atom is 0.252 e. The van der Waals surface area contributed by atoms with Crippen molar-refractivity contribution in [3.8, 4) is 5.75 Å². The van der Waals surface area contributed by atoms with Crippen molar-refractivity contribution in [1.82, 2.24) is 5.32 Å². The van der Waals surface area contributed by atoms with E-state index in [1.54, 1.807) is 19.2 Å². The summed E-state index contributed by atoms with van der Waals surface area (Å²) in [6.07, 6.45) is 0. The molecule has 3 rings (SSSR count). The Bertz CT molecular complexity index is 903. The first-order valence-corrected chi connectivity index (χ1v) is 8.65. The maximum absolute atomic E-state index is 12.9. The van der Waals surface area contributed by atoms with Crippen molar-refractivity contribution in [2.45, 2.75) is 19.9 Å². The molecule has 0 spiro atoms. The Morgan fingerprint density at radius 2 is 1.69 bits per heavy atom. The van der Waals surface area contributed by atoms with Crippen LogP contribution in [-0.4, -0.2) is 13.0 Å². The van der Waals surface area contributed by atoms with Gasteiger partial charge in [0.1, 0.15) is 5.75 Å². The fraction of sp³-hybridized carbons (Fsp3) is 0.174. The maximum atomic E-state index is 12.9. The van der Waals surface area contributed by atoms with Gasteiger partial charge in [-0.1, -0.05) is 60.2 Å². The second kappa shape index (κ2) is 7.87. The molecular formula is C23H23NO2. The number of amides is 1. The van der Waals surface area contributed by atoms with Crippen LogP contribution in [0.25, 0.3) is 0 Å². The van der Waals surface area contributed by atoms with Gasteiger partial charge in [-0.2, -0.15) is 0 Å². The number of aryl methyl sites for hydroxylation is 2. The van der Waals surface area contributed by atoms with Crippen molar-refractivity contribution in [2.24, 2.45) is 0 Å². The number of carbonyl (C=O) groups is 1. The molecule has 0 fully saturated rings. The SMILES string of the molecule is COc1cccc(C(=O)NC(c2ccccc2)c2cc(C)ccc2C)c1. The van der Waals surface area contributed by atoms with E-state index >= 15 is 0 Å². The number of hydrogen-bond donors (Lipinski definition) is 1. The first-order chi connectivity index (χ1) is 12.6. The van der Waals surface area contributed by atoms with Crippen molar-refractivity contribution in [2.75, 3.05) is 7.11 Å². The van der Waals surface area contributed by atoms with E-state index in [0.29, 0.717) is 11.3 Å². The van der Waals surface area contributed by atoms with Crippen LogP contribution < -0.4 is 10.1 Å². The molecule has 0 bridgehead atoms. The second-order valence-corrected chi connectivity index (χ2v) is 6.41. The summed E-state index contributed by atoms with van der Waals surface area (Å²) in [4.78, 5) is 12.9. The van der Waals surface area contributed by atoms with Gasteiger partial charge in [0, 0.05) is 5.56 Å². The Morgan fingerprint density at radius 3 is 2.42 bits per heavy atom. The van der Waals surface area contributed by atoms with Crippen LogP contribution in [0.2, 0.25) is 0 Å². The summed E-state index contributed by atoms with van der Waals surface area (Å²) in [5.74, 6) is 0.541. The molecule has 1 unspecified atom stereocenters. The lowest BCUT2D eigenvalue weighted by Crippen LogP contribution is -2.29.